The molecule has 0 amide bonds. The highest BCUT2D eigenvalue weighted by Crippen LogP contribution is 2.34. The van der Waals surface area contributed by atoms with Crippen LogP contribution in [0.15, 0.2) is 30.5 Å². The summed E-state index contributed by atoms with van der Waals surface area (Å²) in [5.41, 5.74) is 3.43. The standard InChI is InChI=1S/C23H31N5/c1-16(2)28-21-10-6-5-9-19(21)22(26-28)23-24-15-20(25-23)17-11-13-27(14-12-17)18-7-3-4-8-18/h5-6,9-10,15-18H,3-4,7-8,11-14H2,1-2H3,(H,24,25). The van der Waals surface area contributed by atoms with E-state index in [0.29, 0.717) is 12.0 Å². The van der Waals surface area contributed by atoms with Crippen molar-refractivity contribution in [1.29, 1.82) is 0 Å². The number of benzene rings is 1. The fraction of sp³-hybridized carbons (Fsp3) is 0.565. The number of fused-ring (bicyclic) bond motifs is 1. The highest BCUT2D eigenvalue weighted by atomic mass is 15.3. The maximum absolute atomic E-state index is 4.90. The predicted molar refractivity (Wildman–Crippen MR) is 114 cm³/mol. The summed E-state index contributed by atoms with van der Waals surface area (Å²) in [4.78, 5) is 11.1. The average molecular weight is 378 g/mol. The first-order valence-electron chi connectivity index (χ1n) is 11.0. The fourth-order valence-electron chi connectivity index (χ4n) is 5.17. The lowest BCUT2D eigenvalue weighted by Crippen LogP contribution is -2.39. The van der Waals surface area contributed by atoms with Crippen LogP contribution < -0.4 is 0 Å². The largest absolute Gasteiger partial charge is 0.340 e. The van der Waals surface area contributed by atoms with Crippen molar-refractivity contribution in [1.82, 2.24) is 24.6 Å². The van der Waals surface area contributed by atoms with E-state index in [-0.39, 0.29) is 0 Å². The molecule has 1 saturated heterocycles. The fourth-order valence-corrected chi connectivity index (χ4v) is 5.17. The van der Waals surface area contributed by atoms with Gasteiger partial charge < -0.3 is 9.88 Å². The number of rotatable bonds is 4. The Morgan fingerprint density at radius 2 is 1.79 bits per heavy atom. The van der Waals surface area contributed by atoms with Crippen LogP contribution in [0.3, 0.4) is 0 Å². The maximum Gasteiger partial charge on any atom is 0.158 e. The zero-order valence-electron chi connectivity index (χ0n) is 17.1. The van der Waals surface area contributed by atoms with Crippen molar-refractivity contribution in [2.45, 2.75) is 70.4 Å². The van der Waals surface area contributed by atoms with Crippen LogP contribution in [0.1, 0.15) is 70.0 Å². The van der Waals surface area contributed by atoms with E-state index >= 15 is 0 Å². The van der Waals surface area contributed by atoms with Crippen LogP contribution in [0.25, 0.3) is 22.4 Å². The van der Waals surface area contributed by atoms with E-state index < -0.39 is 0 Å². The van der Waals surface area contributed by atoms with Gasteiger partial charge in [-0.2, -0.15) is 5.10 Å². The monoisotopic (exact) mass is 377 g/mol. The molecular weight excluding hydrogens is 346 g/mol. The summed E-state index contributed by atoms with van der Waals surface area (Å²) in [7, 11) is 0. The normalized spacial score (nSPS) is 20.0. The SMILES string of the molecule is CC(C)n1nc(-c2ncc(C3CCN(C4CCCC4)CC3)[nH]2)c2ccccc21. The van der Waals surface area contributed by atoms with Crippen LogP contribution in [-0.2, 0) is 0 Å². The van der Waals surface area contributed by atoms with E-state index in [1.54, 1.807) is 0 Å². The van der Waals surface area contributed by atoms with Gasteiger partial charge in [0.15, 0.2) is 5.82 Å². The number of aromatic amines is 1. The summed E-state index contributed by atoms with van der Waals surface area (Å²) in [6, 6.07) is 9.64. The van der Waals surface area contributed by atoms with Crippen molar-refractivity contribution in [2.24, 2.45) is 0 Å². The van der Waals surface area contributed by atoms with Gasteiger partial charge in [0.25, 0.3) is 0 Å². The predicted octanol–water partition coefficient (Wildman–Crippen LogP) is 5.13. The molecule has 28 heavy (non-hydrogen) atoms. The molecule has 1 aromatic carbocycles. The zero-order valence-corrected chi connectivity index (χ0v) is 17.1. The molecule has 0 spiro atoms. The molecule has 1 aliphatic carbocycles. The maximum atomic E-state index is 4.90. The Morgan fingerprint density at radius 3 is 2.54 bits per heavy atom. The first-order valence-corrected chi connectivity index (χ1v) is 11.0. The molecule has 0 radical (unpaired) electrons. The lowest BCUT2D eigenvalue weighted by atomic mass is 9.93. The second-order valence-corrected chi connectivity index (χ2v) is 8.84. The summed E-state index contributed by atoms with van der Waals surface area (Å²) < 4.78 is 2.10. The molecule has 0 bridgehead atoms. The first kappa shape index (κ1) is 17.9. The Kier molecular flexibility index (Phi) is 4.71. The van der Waals surface area contributed by atoms with Crippen LogP contribution in [-0.4, -0.2) is 43.8 Å². The number of para-hydroxylation sites is 1. The van der Waals surface area contributed by atoms with E-state index in [9.17, 15) is 0 Å². The molecule has 3 aromatic rings. The van der Waals surface area contributed by atoms with Crippen LogP contribution in [0.2, 0.25) is 0 Å². The van der Waals surface area contributed by atoms with Crippen molar-refractivity contribution in [3.63, 3.8) is 0 Å². The van der Waals surface area contributed by atoms with E-state index in [4.69, 9.17) is 10.1 Å². The summed E-state index contributed by atoms with van der Waals surface area (Å²) in [6.45, 7) is 6.81. The number of imidazole rings is 1. The molecule has 1 aliphatic heterocycles. The zero-order chi connectivity index (χ0) is 19.1. The average Bonchev–Trinajstić information content (AvgIpc) is 3.46. The molecule has 2 aliphatic rings. The number of nitrogens with zero attached hydrogens (tertiary/aromatic N) is 4. The molecule has 1 N–H and O–H groups in total. The Labute approximate surface area is 167 Å². The molecule has 0 atom stereocenters. The van der Waals surface area contributed by atoms with Crippen LogP contribution >= 0.6 is 0 Å². The van der Waals surface area contributed by atoms with Gasteiger partial charge in [0.2, 0.25) is 0 Å². The van der Waals surface area contributed by atoms with Gasteiger partial charge in [0.1, 0.15) is 5.69 Å². The summed E-state index contributed by atoms with van der Waals surface area (Å²) in [6.07, 6.45) is 10.2. The molecule has 2 aromatic heterocycles. The van der Waals surface area contributed by atoms with Crippen LogP contribution in [0.5, 0.6) is 0 Å². The number of hydrogen-bond acceptors (Lipinski definition) is 3. The molecule has 5 rings (SSSR count). The van der Waals surface area contributed by atoms with E-state index in [2.05, 4.69) is 52.7 Å². The van der Waals surface area contributed by atoms with E-state index in [1.807, 2.05) is 6.20 Å². The number of likely N-dealkylation sites (tertiary alicyclic amines) is 1. The van der Waals surface area contributed by atoms with Gasteiger partial charge in [0, 0.05) is 35.3 Å². The minimum Gasteiger partial charge on any atom is -0.340 e. The van der Waals surface area contributed by atoms with Crippen molar-refractivity contribution >= 4 is 10.9 Å². The van der Waals surface area contributed by atoms with E-state index in [0.717, 1.165) is 17.6 Å². The van der Waals surface area contributed by atoms with Crippen LogP contribution in [0.4, 0.5) is 0 Å². The first-order chi connectivity index (χ1) is 13.7. The van der Waals surface area contributed by atoms with E-state index in [1.165, 1.54) is 68.2 Å². The second kappa shape index (κ2) is 7.36. The lowest BCUT2D eigenvalue weighted by Gasteiger charge is -2.35. The third-order valence-corrected chi connectivity index (χ3v) is 6.73. The Hall–Kier alpha value is -2.14. The highest BCUT2D eigenvalue weighted by molar-refractivity contribution is 5.91. The minimum absolute atomic E-state index is 0.327. The molecule has 2 fully saturated rings. The Balaban J connectivity index is 1.36. The second-order valence-electron chi connectivity index (χ2n) is 8.84. The number of aromatic nitrogens is 4. The molecule has 148 valence electrons. The minimum atomic E-state index is 0.327. The number of nitrogens with one attached hydrogen (secondary N) is 1. The molecule has 0 unspecified atom stereocenters. The van der Waals surface area contributed by atoms with Gasteiger partial charge in [-0.05, 0) is 58.7 Å². The van der Waals surface area contributed by atoms with Gasteiger partial charge in [-0.1, -0.05) is 31.0 Å². The summed E-state index contributed by atoms with van der Waals surface area (Å²) in [5, 5.41) is 6.07. The van der Waals surface area contributed by atoms with Crippen LogP contribution in [0, 0.1) is 0 Å². The summed E-state index contributed by atoms with van der Waals surface area (Å²) in [5.74, 6) is 1.50. The highest BCUT2D eigenvalue weighted by Gasteiger charge is 2.28. The Bertz CT molecular complexity index is 939. The van der Waals surface area contributed by atoms with Crippen molar-refractivity contribution < 1.29 is 0 Å². The van der Waals surface area contributed by atoms with Gasteiger partial charge >= 0.3 is 0 Å². The topological polar surface area (TPSA) is 49.7 Å². The molecule has 5 heteroatoms. The lowest BCUT2D eigenvalue weighted by molar-refractivity contribution is 0.153. The molecular formula is C23H31N5. The van der Waals surface area contributed by atoms with Gasteiger partial charge in [-0.15, -0.1) is 0 Å². The Morgan fingerprint density at radius 1 is 1.04 bits per heavy atom. The van der Waals surface area contributed by atoms with Gasteiger partial charge in [0.05, 0.1) is 5.52 Å². The van der Waals surface area contributed by atoms with Crippen molar-refractivity contribution in [2.75, 3.05) is 13.1 Å². The van der Waals surface area contributed by atoms with Crippen molar-refractivity contribution in [3.8, 4) is 11.5 Å². The molecule has 5 nitrogen and oxygen atoms in total. The third-order valence-electron chi connectivity index (χ3n) is 6.73. The summed E-state index contributed by atoms with van der Waals surface area (Å²) >= 11 is 0. The third kappa shape index (κ3) is 3.16. The number of piperidine rings is 1. The molecule has 1 saturated carbocycles. The number of H-pyrrole nitrogens is 1. The number of hydrogen-bond donors (Lipinski definition) is 1. The smallest absolute Gasteiger partial charge is 0.158 e. The van der Waals surface area contributed by atoms with Gasteiger partial charge in [-0.25, -0.2) is 4.98 Å². The van der Waals surface area contributed by atoms with Crippen molar-refractivity contribution in [3.05, 3.63) is 36.2 Å². The molecule has 3 heterocycles. The van der Waals surface area contributed by atoms with Gasteiger partial charge in [-0.3, -0.25) is 4.68 Å². The quantitative estimate of drug-likeness (QED) is 0.686.